The van der Waals surface area contributed by atoms with Gasteiger partial charge in [0.15, 0.2) is 4.21 Å². The third-order valence-corrected chi connectivity index (χ3v) is 8.71. The zero-order valence-corrected chi connectivity index (χ0v) is 18.7. The average molecular weight is 462 g/mol. The number of carbonyl (C=O) groups is 1. The predicted octanol–water partition coefficient (Wildman–Crippen LogP) is 1.40. The number of para-hydroxylation sites is 1. The number of aromatic amines is 1. The van der Waals surface area contributed by atoms with Crippen LogP contribution in [0.1, 0.15) is 17.7 Å². The average Bonchev–Trinajstić information content (AvgIpc) is 3.39. The molecule has 11 heteroatoms. The summed E-state index contributed by atoms with van der Waals surface area (Å²) in [6, 6.07) is 9.75. The summed E-state index contributed by atoms with van der Waals surface area (Å²) in [5.74, 6) is -0.00742. The van der Waals surface area contributed by atoms with Gasteiger partial charge in [-0.05, 0) is 31.0 Å². The number of nitrogens with one attached hydrogen (secondary N) is 1. The minimum absolute atomic E-state index is 0.00742. The Labute approximate surface area is 184 Å². The lowest BCUT2D eigenvalue weighted by Crippen LogP contribution is -2.50. The van der Waals surface area contributed by atoms with E-state index < -0.39 is 10.0 Å². The van der Waals surface area contributed by atoms with Crippen molar-refractivity contribution in [2.24, 2.45) is 0 Å². The van der Waals surface area contributed by atoms with Gasteiger partial charge in [-0.15, -0.1) is 0 Å². The number of aromatic nitrogens is 3. The molecule has 1 aliphatic heterocycles. The number of nitrogens with zero attached hydrogens (tertiary/aromatic N) is 4. The SMILES string of the molecule is Cc1[nH]c(=O)sc1S(=O)(=O)N1CCN(C(=O)CCc2cnn(-c3ccccc3)c2)CC1. The molecule has 1 aromatic carbocycles. The summed E-state index contributed by atoms with van der Waals surface area (Å²) in [7, 11) is -3.73. The first-order valence-electron chi connectivity index (χ1n) is 9.91. The highest BCUT2D eigenvalue weighted by atomic mass is 32.2. The number of carbonyl (C=O) groups excluding carboxylic acids is 1. The van der Waals surface area contributed by atoms with E-state index in [0.29, 0.717) is 43.0 Å². The highest BCUT2D eigenvalue weighted by Crippen LogP contribution is 2.22. The number of piperazine rings is 1. The Kier molecular flexibility index (Phi) is 6.08. The zero-order valence-electron chi connectivity index (χ0n) is 17.0. The van der Waals surface area contributed by atoms with Crippen molar-refractivity contribution in [2.45, 2.75) is 24.0 Å². The summed E-state index contributed by atoms with van der Waals surface area (Å²) in [6.45, 7) is 2.67. The maximum atomic E-state index is 12.8. The van der Waals surface area contributed by atoms with E-state index in [4.69, 9.17) is 0 Å². The Morgan fingerprint density at radius 1 is 1.16 bits per heavy atom. The fraction of sp³-hybridized carbons (Fsp3) is 0.350. The van der Waals surface area contributed by atoms with E-state index in [1.807, 2.05) is 36.5 Å². The van der Waals surface area contributed by atoms with Crippen molar-refractivity contribution in [1.82, 2.24) is 24.0 Å². The number of aryl methyl sites for hydroxylation is 2. The van der Waals surface area contributed by atoms with Crippen molar-refractivity contribution in [3.05, 3.63) is 63.7 Å². The summed E-state index contributed by atoms with van der Waals surface area (Å²) >= 11 is 0.699. The number of amides is 1. The van der Waals surface area contributed by atoms with Gasteiger partial charge in [-0.1, -0.05) is 29.5 Å². The molecule has 1 amide bonds. The second-order valence-corrected chi connectivity index (χ2v) is 10.5. The first-order chi connectivity index (χ1) is 14.8. The second kappa shape index (κ2) is 8.77. The summed E-state index contributed by atoms with van der Waals surface area (Å²) in [4.78, 5) is 27.9. The van der Waals surface area contributed by atoms with E-state index in [2.05, 4.69) is 10.1 Å². The largest absolute Gasteiger partial charge is 0.340 e. The highest BCUT2D eigenvalue weighted by molar-refractivity contribution is 7.91. The molecule has 1 fully saturated rings. The number of hydrogen-bond acceptors (Lipinski definition) is 6. The van der Waals surface area contributed by atoms with Gasteiger partial charge in [0.1, 0.15) is 0 Å². The Bertz CT molecular complexity index is 1220. The van der Waals surface area contributed by atoms with Gasteiger partial charge < -0.3 is 9.88 Å². The van der Waals surface area contributed by atoms with Crippen LogP contribution in [0.3, 0.4) is 0 Å². The standard InChI is InChI=1S/C20H23N5O4S2/c1-15-19(30-20(27)22-15)31(28,29)24-11-9-23(10-12-24)18(26)8-7-16-13-21-25(14-16)17-5-3-2-4-6-17/h2-6,13-14H,7-12H2,1H3,(H,22,27). The van der Waals surface area contributed by atoms with E-state index in [-0.39, 0.29) is 28.1 Å². The van der Waals surface area contributed by atoms with Gasteiger partial charge >= 0.3 is 4.87 Å². The second-order valence-electron chi connectivity index (χ2n) is 7.34. The topological polar surface area (TPSA) is 108 Å². The molecular formula is C20H23N5O4S2. The first kappa shape index (κ1) is 21.5. The summed E-state index contributed by atoms with van der Waals surface area (Å²) in [5.41, 5.74) is 2.28. The van der Waals surface area contributed by atoms with Crippen LogP contribution in [0.25, 0.3) is 5.69 Å². The number of H-pyrrole nitrogens is 1. The summed E-state index contributed by atoms with van der Waals surface area (Å²) in [5, 5.41) is 4.35. The molecule has 1 aliphatic rings. The number of rotatable bonds is 6. The molecule has 0 atom stereocenters. The van der Waals surface area contributed by atoms with Crippen LogP contribution in [0.2, 0.25) is 0 Å². The Morgan fingerprint density at radius 3 is 2.52 bits per heavy atom. The fourth-order valence-corrected chi connectivity index (χ4v) is 6.41. The van der Waals surface area contributed by atoms with Crippen molar-refractivity contribution in [1.29, 1.82) is 0 Å². The minimum atomic E-state index is -3.73. The van der Waals surface area contributed by atoms with Crippen molar-refractivity contribution in [3.8, 4) is 5.69 Å². The van der Waals surface area contributed by atoms with E-state index in [1.165, 1.54) is 4.31 Å². The molecule has 0 radical (unpaired) electrons. The molecule has 1 N–H and O–H groups in total. The van der Waals surface area contributed by atoms with Crippen molar-refractivity contribution in [3.63, 3.8) is 0 Å². The van der Waals surface area contributed by atoms with E-state index >= 15 is 0 Å². The van der Waals surface area contributed by atoms with Crippen LogP contribution in [0.4, 0.5) is 0 Å². The lowest BCUT2D eigenvalue weighted by molar-refractivity contribution is -0.132. The summed E-state index contributed by atoms with van der Waals surface area (Å²) < 4.78 is 28.8. The van der Waals surface area contributed by atoms with Gasteiger partial charge in [-0.2, -0.15) is 9.40 Å². The molecule has 0 saturated carbocycles. The van der Waals surface area contributed by atoms with Crippen LogP contribution < -0.4 is 4.87 Å². The highest BCUT2D eigenvalue weighted by Gasteiger charge is 2.32. The predicted molar refractivity (Wildman–Crippen MR) is 117 cm³/mol. The third kappa shape index (κ3) is 4.63. The van der Waals surface area contributed by atoms with Crippen molar-refractivity contribution in [2.75, 3.05) is 26.2 Å². The Balaban J connectivity index is 1.31. The molecule has 9 nitrogen and oxygen atoms in total. The van der Waals surface area contributed by atoms with E-state index in [0.717, 1.165) is 11.3 Å². The first-order valence-corrected chi connectivity index (χ1v) is 12.2. The maximum Gasteiger partial charge on any atom is 0.305 e. The molecule has 0 spiro atoms. The smallest absolute Gasteiger partial charge is 0.305 e. The molecule has 3 aromatic rings. The quantitative estimate of drug-likeness (QED) is 0.597. The minimum Gasteiger partial charge on any atom is -0.340 e. The van der Waals surface area contributed by atoms with Gasteiger partial charge in [0, 0.05) is 44.5 Å². The molecule has 3 heterocycles. The Hall–Kier alpha value is -2.76. The van der Waals surface area contributed by atoms with Gasteiger partial charge in [0.05, 0.1) is 11.9 Å². The van der Waals surface area contributed by atoms with Crippen LogP contribution in [0, 0.1) is 6.92 Å². The molecule has 31 heavy (non-hydrogen) atoms. The molecule has 2 aromatic heterocycles. The number of sulfonamides is 1. The van der Waals surface area contributed by atoms with Gasteiger partial charge in [0.25, 0.3) is 10.0 Å². The molecular weight excluding hydrogens is 438 g/mol. The van der Waals surface area contributed by atoms with Crippen molar-refractivity contribution < 1.29 is 13.2 Å². The summed E-state index contributed by atoms with van der Waals surface area (Å²) in [6.07, 6.45) is 4.58. The monoisotopic (exact) mass is 461 g/mol. The zero-order chi connectivity index (χ0) is 22.0. The van der Waals surface area contributed by atoms with Crippen LogP contribution in [0.15, 0.2) is 51.7 Å². The molecule has 4 rings (SSSR count). The number of thiazole rings is 1. The van der Waals surface area contributed by atoms with E-state index in [1.54, 1.807) is 22.7 Å². The van der Waals surface area contributed by atoms with Crippen LogP contribution in [-0.2, 0) is 21.2 Å². The lowest BCUT2D eigenvalue weighted by atomic mass is 10.2. The third-order valence-electron chi connectivity index (χ3n) is 5.23. The van der Waals surface area contributed by atoms with Crippen LogP contribution in [-0.4, -0.2) is 64.5 Å². The van der Waals surface area contributed by atoms with Gasteiger partial charge in [0.2, 0.25) is 5.91 Å². The lowest BCUT2D eigenvalue weighted by Gasteiger charge is -2.33. The van der Waals surface area contributed by atoms with Crippen LogP contribution in [0.5, 0.6) is 0 Å². The molecule has 0 unspecified atom stereocenters. The normalized spacial score (nSPS) is 15.3. The molecule has 0 bridgehead atoms. The number of hydrogen-bond donors (Lipinski definition) is 1. The van der Waals surface area contributed by atoms with Gasteiger partial charge in [-0.3, -0.25) is 9.59 Å². The molecule has 0 aliphatic carbocycles. The van der Waals surface area contributed by atoms with Gasteiger partial charge in [-0.25, -0.2) is 13.1 Å². The Morgan fingerprint density at radius 2 is 1.87 bits per heavy atom. The molecule has 1 saturated heterocycles. The maximum absolute atomic E-state index is 12.8. The fourth-order valence-electron chi connectivity index (χ4n) is 3.55. The molecule has 164 valence electrons. The number of benzene rings is 1. The van der Waals surface area contributed by atoms with E-state index in [9.17, 15) is 18.0 Å². The van der Waals surface area contributed by atoms with Crippen molar-refractivity contribution >= 4 is 27.3 Å². The van der Waals surface area contributed by atoms with Crippen LogP contribution >= 0.6 is 11.3 Å².